The zero-order chi connectivity index (χ0) is 20.5. The maximum atomic E-state index is 12.4. The first kappa shape index (κ1) is 18.7. The third kappa shape index (κ3) is 3.69. The largest absolute Gasteiger partial charge is 0.454 e. The van der Waals surface area contributed by atoms with E-state index in [4.69, 9.17) is 14.2 Å². The van der Waals surface area contributed by atoms with Crippen molar-refractivity contribution in [2.45, 2.75) is 20.8 Å². The van der Waals surface area contributed by atoms with Crippen LogP contribution < -0.4 is 9.47 Å². The summed E-state index contributed by atoms with van der Waals surface area (Å²) in [5, 5.41) is 8.56. The van der Waals surface area contributed by atoms with Crippen molar-refractivity contribution < 1.29 is 23.8 Å². The fraction of sp³-hybridized carbons (Fsp3) is 0.238. The molecular formula is C21H19N3O5. The highest BCUT2D eigenvalue weighted by molar-refractivity contribution is 5.99. The Morgan fingerprint density at radius 3 is 2.62 bits per heavy atom. The van der Waals surface area contributed by atoms with Gasteiger partial charge in [-0.3, -0.25) is 4.79 Å². The number of Topliss-reactive ketones (excluding diaryl/α,β-unsaturated/α-hetero) is 1. The number of aromatic nitrogens is 3. The van der Waals surface area contributed by atoms with Crippen LogP contribution in [0.4, 0.5) is 0 Å². The predicted octanol–water partition coefficient (Wildman–Crippen LogP) is 2.96. The van der Waals surface area contributed by atoms with Gasteiger partial charge in [-0.05, 0) is 50.6 Å². The van der Waals surface area contributed by atoms with Crippen molar-refractivity contribution >= 4 is 11.8 Å². The normalized spacial score (nSPS) is 12.1. The molecule has 2 aromatic carbocycles. The van der Waals surface area contributed by atoms with Crippen LogP contribution in [0.2, 0.25) is 0 Å². The van der Waals surface area contributed by atoms with Crippen LogP contribution in [0.25, 0.3) is 5.69 Å². The molecule has 0 amide bonds. The Kier molecular flexibility index (Phi) is 4.75. The number of ether oxygens (including phenoxy) is 3. The van der Waals surface area contributed by atoms with Crippen molar-refractivity contribution in [2.24, 2.45) is 0 Å². The molecule has 0 spiro atoms. The SMILES string of the molecule is Cc1ccc(-n2nc(C)c(C(=O)OCC(=O)c3ccc4c(c3)OCO4)n2)c(C)c1. The van der Waals surface area contributed by atoms with Crippen LogP contribution in [0.15, 0.2) is 36.4 Å². The summed E-state index contributed by atoms with van der Waals surface area (Å²) in [6, 6.07) is 10.7. The van der Waals surface area contributed by atoms with Crippen molar-refractivity contribution in [3.8, 4) is 17.2 Å². The molecule has 2 heterocycles. The molecule has 0 saturated heterocycles. The fourth-order valence-electron chi connectivity index (χ4n) is 3.06. The zero-order valence-electron chi connectivity index (χ0n) is 16.3. The molecule has 1 aromatic heterocycles. The minimum atomic E-state index is -0.701. The molecule has 148 valence electrons. The number of rotatable bonds is 5. The van der Waals surface area contributed by atoms with Crippen molar-refractivity contribution in [1.29, 1.82) is 0 Å². The van der Waals surface area contributed by atoms with Crippen LogP contribution in [0.1, 0.15) is 37.7 Å². The Morgan fingerprint density at radius 1 is 1.03 bits per heavy atom. The molecule has 0 atom stereocenters. The summed E-state index contributed by atoms with van der Waals surface area (Å²) in [6.45, 7) is 5.33. The molecule has 0 radical (unpaired) electrons. The van der Waals surface area contributed by atoms with Crippen molar-refractivity contribution in [3.05, 3.63) is 64.5 Å². The van der Waals surface area contributed by atoms with Crippen molar-refractivity contribution in [3.63, 3.8) is 0 Å². The minimum absolute atomic E-state index is 0.0726. The van der Waals surface area contributed by atoms with E-state index in [-0.39, 0.29) is 18.3 Å². The second kappa shape index (κ2) is 7.38. The number of esters is 1. The first-order chi connectivity index (χ1) is 13.9. The Morgan fingerprint density at radius 2 is 1.83 bits per heavy atom. The maximum absolute atomic E-state index is 12.4. The second-order valence-corrected chi connectivity index (χ2v) is 6.78. The Labute approximate surface area is 167 Å². The first-order valence-corrected chi connectivity index (χ1v) is 9.04. The van der Waals surface area contributed by atoms with E-state index >= 15 is 0 Å². The average Bonchev–Trinajstić information content (AvgIpc) is 3.31. The molecule has 3 aromatic rings. The Hall–Kier alpha value is -3.68. The minimum Gasteiger partial charge on any atom is -0.454 e. The highest BCUT2D eigenvalue weighted by Crippen LogP contribution is 2.32. The van der Waals surface area contributed by atoms with Gasteiger partial charge in [-0.25, -0.2) is 4.79 Å². The quantitative estimate of drug-likeness (QED) is 0.486. The molecule has 0 aliphatic carbocycles. The lowest BCUT2D eigenvalue weighted by atomic mass is 10.1. The number of ketones is 1. The van der Waals surface area contributed by atoms with Gasteiger partial charge >= 0.3 is 5.97 Å². The van der Waals surface area contributed by atoms with E-state index < -0.39 is 12.6 Å². The van der Waals surface area contributed by atoms with Gasteiger partial charge in [0, 0.05) is 5.56 Å². The third-order valence-corrected chi connectivity index (χ3v) is 4.57. The molecule has 1 aliphatic rings. The molecule has 8 nitrogen and oxygen atoms in total. The lowest BCUT2D eigenvalue weighted by Gasteiger charge is -2.05. The van der Waals surface area contributed by atoms with Crippen LogP contribution in [-0.4, -0.2) is 40.1 Å². The van der Waals surface area contributed by atoms with Gasteiger partial charge in [0.15, 0.2) is 29.6 Å². The Balaban J connectivity index is 1.46. The van der Waals surface area contributed by atoms with Gasteiger partial charge in [-0.2, -0.15) is 9.90 Å². The molecular weight excluding hydrogens is 374 g/mol. The molecule has 4 rings (SSSR count). The molecule has 0 bridgehead atoms. The number of fused-ring (bicyclic) bond motifs is 1. The van der Waals surface area contributed by atoms with Gasteiger partial charge in [0.1, 0.15) is 0 Å². The molecule has 29 heavy (non-hydrogen) atoms. The van der Waals surface area contributed by atoms with E-state index in [1.54, 1.807) is 25.1 Å². The van der Waals surface area contributed by atoms with E-state index in [0.717, 1.165) is 16.8 Å². The number of hydrogen-bond donors (Lipinski definition) is 0. The third-order valence-electron chi connectivity index (χ3n) is 4.57. The summed E-state index contributed by atoms with van der Waals surface area (Å²) in [6.07, 6.45) is 0. The summed E-state index contributed by atoms with van der Waals surface area (Å²) in [7, 11) is 0. The van der Waals surface area contributed by atoms with Gasteiger partial charge in [-0.15, -0.1) is 5.10 Å². The highest BCUT2D eigenvalue weighted by atomic mass is 16.7. The highest BCUT2D eigenvalue weighted by Gasteiger charge is 2.21. The monoisotopic (exact) mass is 393 g/mol. The number of carbonyl (C=O) groups excluding carboxylic acids is 2. The van der Waals surface area contributed by atoms with Crippen molar-refractivity contribution in [1.82, 2.24) is 15.0 Å². The van der Waals surface area contributed by atoms with Crippen LogP contribution in [-0.2, 0) is 4.74 Å². The van der Waals surface area contributed by atoms with E-state index in [0.29, 0.717) is 22.8 Å². The number of nitrogens with zero attached hydrogens (tertiary/aromatic N) is 3. The number of aryl methyl sites for hydroxylation is 3. The van der Waals surface area contributed by atoms with Gasteiger partial charge in [0.2, 0.25) is 6.79 Å². The molecule has 0 unspecified atom stereocenters. The summed E-state index contributed by atoms with van der Waals surface area (Å²) in [5.74, 6) is 0.0234. The molecule has 1 aliphatic heterocycles. The number of hydrogen-bond acceptors (Lipinski definition) is 7. The number of benzene rings is 2. The lowest BCUT2D eigenvalue weighted by molar-refractivity contribution is 0.0467. The molecule has 0 fully saturated rings. The topological polar surface area (TPSA) is 92.5 Å². The molecule has 0 saturated carbocycles. The van der Waals surface area contributed by atoms with Crippen molar-refractivity contribution in [2.75, 3.05) is 13.4 Å². The molecule has 0 N–H and O–H groups in total. The zero-order valence-corrected chi connectivity index (χ0v) is 16.3. The van der Waals surface area contributed by atoms with Crippen LogP contribution >= 0.6 is 0 Å². The van der Waals surface area contributed by atoms with E-state index in [1.807, 2.05) is 32.0 Å². The summed E-state index contributed by atoms with van der Waals surface area (Å²) in [5.41, 5.74) is 3.75. The molecule has 8 heteroatoms. The smallest absolute Gasteiger partial charge is 0.361 e. The maximum Gasteiger partial charge on any atom is 0.361 e. The van der Waals surface area contributed by atoms with E-state index in [9.17, 15) is 9.59 Å². The van der Waals surface area contributed by atoms with Crippen LogP contribution in [0.3, 0.4) is 0 Å². The Bertz CT molecular complexity index is 1120. The van der Waals surface area contributed by atoms with Crippen LogP contribution in [0.5, 0.6) is 11.5 Å². The fourth-order valence-corrected chi connectivity index (χ4v) is 3.06. The van der Waals surface area contributed by atoms with Gasteiger partial charge in [0.05, 0.1) is 11.4 Å². The van der Waals surface area contributed by atoms with Gasteiger partial charge in [0.25, 0.3) is 0 Å². The second-order valence-electron chi connectivity index (χ2n) is 6.78. The summed E-state index contributed by atoms with van der Waals surface area (Å²) >= 11 is 0. The summed E-state index contributed by atoms with van der Waals surface area (Å²) in [4.78, 5) is 26.2. The predicted molar refractivity (Wildman–Crippen MR) is 103 cm³/mol. The standard InChI is InChI=1S/C21H19N3O5/c1-12-4-6-16(13(2)8-12)24-22-14(3)20(23-24)21(26)27-10-17(25)15-5-7-18-19(9-15)29-11-28-18/h4-9H,10-11H2,1-3H3. The summed E-state index contributed by atoms with van der Waals surface area (Å²) < 4.78 is 15.6. The lowest BCUT2D eigenvalue weighted by Crippen LogP contribution is -2.15. The van der Waals surface area contributed by atoms with Gasteiger partial charge < -0.3 is 14.2 Å². The van der Waals surface area contributed by atoms with Crippen LogP contribution in [0, 0.1) is 20.8 Å². The average molecular weight is 393 g/mol. The van der Waals surface area contributed by atoms with E-state index in [2.05, 4.69) is 10.2 Å². The first-order valence-electron chi connectivity index (χ1n) is 9.04. The van der Waals surface area contributed by atoms with Gasteiger partial charge in [-0.1, -0.05) is 17.7 Å². The van der Waals surface area contributed by atoms with E-state index in [1.165, 1.54) is 4.80 Å². The number of carbonyl (C=O) groups is 2.